The molecule has 1 aromatic heterocycles. The van der Waals surface area contributed by atoms with Crippen LogP contribution >= 0.6 is 0 Å². The maximum Gasteiger partial charge on any atom is 0.255 e. The molecule has 2 aliphatic rings. The minimum absolute atomic E-state index is 0.0335. The van der Waals surface area contributed by atoms with Crippen LogP contribution in [0.25, 0.3) is 11.3 Å². The summed E-state index contributed by atoms with van der Waals surface area (Å²) in [4.78, 5) is 24.4. The zero-order valence-corrected chi connectivity index (χ0v) is 19.2. The van der Waals surface area contributed by atoms with Crippen LogP contribution < -0.4 is 25.8 Å². The van der Waals surface area contributed by atoms with Crippen molar-refractivity contribution in [2.75, 3.05) is 31.6 Å². The molecule has 5 rings (SSSR count). The molecule has 0 amide bonds. The highest BCUT2D eigenvalue weighted by Gasteiger charge is 2.25. The summed E-state index contributed by atoms with van der Waals surface area (Å²) < 4.78 is 7.19. The molecule has 34 heavy (non-hydrogen) atoms. The minimum Gasteiger partial charge on any atom is -0.496 e. The third kappa shape index (κ3) is 4.52. The van der Waals surface area contributed by atoms with Crippen LogP contribution in [-0.2, 0) is 13.0 Å². The molecular weight excluding hydrogens is 428 g/mol. The smallest absolute Gasteiger partial charge is 0.255 e. The number of hydrogen-bond acceptors (Lipinski definition) is 7. The SMILES string of the molecule is COc1ccccc1CCNC1=NCC=C(N2CCCn3c2nc(-c2ccccc2)cc3=O)N1. The molecule has 8 heteroatoms. The standard InChI is InChI=1S/C26H28N6O2/c1-34-22-11-6-5-10-20(22)12-14-27-25-28-15-13-23(30-25)31-16-7-17-32-24(33)18-21(29-26(31)32)19-8-3-2-4-9-19/h2-6,8-11,13,18H,7,12,14-17H2,1H3,(H2,27,28,30). The lowest BCUT2D eigenvalue weighted by Gasteiger charge is -2.34. The lowest BCUT2D eigenvalue weighted by molar-refractivity contribution is 0.409. The van der Waals surface area contributed by atoms with Gasteiger partial charge in [-0.2, -0.15) is 0 Å². The van der Waals surface area contributed by atoms with Crippen LogP contribution in [0, 0.1) is 0 Å². The monoisotopic (exact) mass is 456 g/mol. The fourth-order valence-corrected chi connectivity index (χ4v) is 4.32. The number of nitrogens with zero attached hydrogens (tertiary/aromatic N) is 4. The molecule has 3 heterocycles. The first-order valence-electron chi connectivity index (χ1n) is 11.5. The van der Waals surface area contributed by atoms with E-state index in [1.54, 1.807) is 17.7 Å². The van der Waals surface area contributed by atoms with E-state index in [0.717, 1.165) is 42.1 Å². The Labute approximate surface area is 198 Å². The minimum atomic E-state index is -0.0335. The fraction of sp³-hybridized carbons (Fsp3) is 0.269. The van der Waals surface area contributed by atoms with Crippen LogP contribution in [0.3, 0.4) is 0 Å². The molecule has 2 aromatic carbocycles. The molecule has 0 bridgehead atoms. The summed E-state index contributed by atoms with van der Waals surface area (Å²) in [5.74, 6) is 3.15. The number of fused-ring (bicyclic) bond motifs is 1. The van der Waals surface area contributed by atoms with Crippen molar-refractivity contribution in [3.8, 4) is 17.0 Å². The molecule has 0 aliphatic carbocycles. The van der Waals surface area contributed by atoms with Crippen molar-refractivity contribution >= 4 is 11.9 Å². The van der Waals surface area contributed by atoms with E-state index in [-0.39, 0.29) is 5.56 Å². The Hall–Kier alpha value is -4.07. The number of benzene rings is 2. The predicted octanol–water partition coefficient (Wildman–Crippen LogP) is 2.76. The third-order valence-corrected chi connectivity index (χ3v) is 6.01. The highest BCUT2D eigenvalue weighted by Crippen LogP contribution is 2.24. The van der Waals surface area contributed by atoms with Gasteiger partial charge < -0.3 is 15.4 Å². The Balaban J connectivity index is 1.31. The quantitative estimate of drug-likeness (QED) is 0.594. The number of aliphatic imine (C=N–C) groups is 1. The number of hydrogen-bond donors (Lipinski definition) is 2. The van der Waals surface area contributed by atoms with E-state index in [1.807, 2.05) is 54.6 Å². The van der Waals surface area contributed by atoms with Gasteiger partial charge in [0.15, 0.2) is 5.96 Å². The number of guanidine groups is 1. The van der Waals surface area contributed by atoms with Crippen LogP contribution in [0.2, 0.25) is 0 Å². The number of methoxy groups -OCH3 is 1. The molecule has 0 saturated heterocycles. The van der Waals surface area contributed by atoms with Gasteiger partial charge in [0.1, 0.15) is 11.6 Å². The van der Waals surface area contributed by atoms with E-state index in [4.69, 9.17) is 9.72 Å². The van der Waals surface area contributed by atoms with E-state index in [0.29, 0.717) is 37.2 Å². The van der Waals surface area contributed by atoms with Crippen molar-refractivity contribution in [2.24, 2.45) is 4.99 Å². The van der Waals surface area contributed by atoms with Crippen molar-refractivity contribution in [1.29, 1.82) is 0 Å². The summed E-state index contributed by atoms with van der Waals surface area (Å²) >= 11 is 0. The van der Waals surface area contributed by atoms with Gasteiger partial charge in [0.2, 0.25) is 5.95 Å². The molecule has 8 nitrogen and oxygen atoms in total. The maximum absolute atomic E-state index is 12.9. The lowest BCUT2D eigenvalue weighted by Crippen LogP contribution is -2.48. The number of nitrogens with one attached hydrogen (secondary N) is 2. The first-order valence-corrected chi connectivity index (χ1v) is 11.5. The molecule has 0 fully saturated rings. The summed E-state index contributed by atoms with van der Waals surface area (Å²) in [6.45, 7) is 2.71. The first-order chi connectivity index (χ1) is 16.7. The van der Waals surface area contributed by atoms with Crippen molar-refractivity contribution in [3.63, 3.8) is 0 Å². The van der Waals surface area contributed by atoms with E-state index in [9.17, 15) is 4.79 Å². The Morgan fingerprint density at radius 2 is 1.91 bits per heavy atom. The number of anilines is 1. The molecule has 0 radical (unpaired) electrons. The predicted molar refractivity (Wildman–Crippen MR) is 134 cm³/mol. The molecule has 2 N–H and O–H groups in total. The topological polar surface area (TPSA) is 83.8 Å². The average Bonchev–Trinajstić information content (AvgIpc) is 2.89. The number of ether oxygens (including phenoxy) is 1. The Bertz CT molecular complexity index is 1280. The third-order valence-electron chi connectivity index (χ3n) is 6.01. The summed E-state index contributed by atoms with van der Waals surface area (Å²) in [5.41, 5.74) is 2.73. The average molecular weight is 457 g/mol. The van der Waals surface area contributed by atoms with E-state index in [1.165, 1.54) is 0 Å². The molecule has 0 saturated carbocycles. The number of aromatic nitrogens is 2. The molecule has 2 aliphatic heterocycles. The zero-order chi connectivity index (χ0) is 23.3. The Morgan fingerprint density at radius 1 is 1.09 bits per heavy atom. The molecule has 0 unspecified atom stereocenters. The van der Waals surface area contributed by atoms with Crippen LogP contribution in [0.4, 0.5) is 5.95 Å². The van der Waals surface area contributed by atoms with Crippen molar-refractivity contribution < 1.29 is 4.74 Å². The van der Waals surface area contributed by atoms with Gasteiger partial charge in [0, 0.05) is 31.3 Å². The highest BCUT2D eigenvalue weighted by atomic mass is 16.5. The lowest BCUT2D eigenvalue weighted by atomic mass is 10.1. The second-order valence-corrected chi connectivity index (χ2v) is 8.19. The van der Waals surface area contributed by atoms with E-state index < -0.39 is 0 Å². The Morgan fingerprint density at radius 3 is 2.76 bits per heavy atom. The van der Waals surface area contributed by atoms with E-state index >= 15 is 0 Å². The number of rotatable bonds is 6. The molecule has 0 atom stereocenters. The summed E-state index contributed by atoms with van der Waals surface area (Å²) in [7, 11) is 1.69. The molecule has 3 aromatic rings. The largest absolute Gasteiger partial charge is 0.496 e. The molecule has 0 spiro atoms. The van der Waals surface area contributed by atoms with Crippen LogP contribution in [0.5, 0.6) is 5.75 Å². The van der Waals surface area contributed by atoms with Crippen molar-refractivity contribution in [3.05, 3.63) is 88.5 Å². The van der Waals surface area contributed by atoms with Gasteiger partial charge in [-0.05, 0) is 30.5 Å². The highest BCUT2D eigenvalue weighted by molar-refractivity contribution is 5.83. The zero-order valence-electron chi connectivity index (χ0n) is 19.2. The number of para-hydroxylation sites is 1. The first kappa shape index (κ1) is 21.8. The normalized spacial score (nSPS) is 15.0. The van der Waals surface area contributed by atoms with Gasteiger partial charge >= 0.3 is 0 Å². The Kier molecular flexibility index (Phi) is 6.29. The van der Waals surface area contributed by atoms with Crippen molar-refractivity contribution in [2.45, 2.75) is 19.4 Å². The molecular formula is C26H28N6O2. The summed E-state index contributed by atoms with van der Waals surface area (Å²) in [6.07, 6.45) is 3.71. The van der Waals surface area contributed by atoms with Gasteiger partial charge in [-0.15, -0.1) is 0 Å². The van der Waals surface area contributed by atoms with E-state index in [2.05, 4.69) is 26.6 Å². The van der Waals surface area contributed by atoms with Gasteiger partial charge in [-0.25, -0.2) is 9.98 Å². The van der Waals surface area contributed by atoms with Crippen LogP contribution in [-0.4, -0.2) is 42.3 Å². The second-order valence-electron chi connectivity index (χ2n) is 8.19. The second kappa shape index (κ2) is 9.82. The maximum atomic E-state index is 12.9. The summed E-state index contributed by atoms with van der Waals surface area (Å²) in [6, 6.07) is 19.5. The van der Waals surface area contributed by atoms with Gasteiger partial charge in [0.25, 0.3) is 5.56 Å². The van der Waals surface area contributed by atoms with Gasteiger partial charge in [0.05, 0.1) is 19.3 Å². The van der Waals surface area contributed by atoms with Gasteiger partial charge in [-0.1, -0.05) is 48.5 Å². The van der Waals surface area contributed by atoms with Crippen LogP contribution in [0.1, 0.15) is 12.0 Å². The van der Waals surface area contributed by atoms with Crippen LogP contribution in [0.15, 0.2) is 82.3 Å². The summed E-state index contributed by atoms with van der Waals surface area (Å²) in [5, 5.41) is 6.79. The fourth-order valence-electron chi connectivity index (χ4n) is 4.32. The van der Waals surface area contributed by atoms with Crippen molar-refractivity contribution in [1.82, 2.24) is 20.2 Å². The van der Waals surface area contributed by atoms with Gasteiger partial charge in [-0.3, -0.25) is 14.3 Å². The molecule has 174 valence electrons.